The summed E-state index contributed by atoms with van der Waals surface area (Å²) in [6.07, 6.45) is 0.344. The number of hydrogen-bond donors (Lipinski definition) is 1. The maximum Gasteiger partial charge on any atom is 0.432 e. The molecular formula is C15H8ClN3O2. The van der Waals surface area contributed by atoms with E-state index >= 15 is 0 Å². The molecule has 0 radical (unpaired) electrons. The Bertz CT molecular complexity index is 909. The van der Waals surface area contributed by atoms with Crippen molar-refractivity contribution in [3.05, 3.63) is 53.2 Å². The molecule has 0 aliphatic rings. The molecule has 0 amide bonds. The zero-order valence-corrected chi connectivity index (χ0v) is 11.4. The summed E-state index contributed by atoms with van der Waals surface area (Å²) in [5.74, 6) is 0. The van der Waals surface area contributed by atoms with Crippen molar-refractivity contribution in [1.82, 2.24) is 9.78 Å². The zero-order chi connectivity index (χ0) is 15.0. The predicted octanol–water partition coefficient (Wildman–Crippen LogP) is 3.75. The van der Waals surface area contributed by atoms with Gasteiger partial charge in [-0.3, -0.25) is 0 Å². The highest BCUT2D eigenvalue weighted by molar-refractivity contribution is 6.33. The third-order valence-corrected chi connectivity index (χ3v) is 3.49. The molecular weight excluding hydrogens is 290 g/mol. The number of fused-ring (bicyclic) bond motifs is 1. The predicted molar refractivity (Wildman–Crippen MR) is 78.3 cm³/mol. The second kappa shape index (κ2) is 4.93. The van der Waals surface area contributed by atoms with E-state index in [1.807, 2.05) is 0 Å². The van der Waals surface area contributed by atoms with E-state index in [1.54, 1.807) is 36.4 Å². The van der Waals surface area contributed by atoms with Gasteiger partial charge in [0.1, 0.15) is 0 Å². The van der Waals surface area contributed by atoms with Crippen LogP contribution in [0.2, 0.25) is 5.02 Å². The number of rotatable bonds is 1. The summed E-state index contributed by atoms with van der Waals surface area (Å²) in [6, 6.07) is 12.3. The fourth-order valence-corrected chi connectivity index (χ4v) is 2.40. The number of aromatic nitrogens is 2. The molecule has 0 saturated carbocycles. The normalized spacial score (nSPS) is 10.5. The number of nitriles is 1. The van der Waals surface area contributed by atoms with Crippen LogP contribution in [0.5, 0.6) is 0 Å². The summed E-state index contributed by atoms with van der Waals surface area (Å²) in [5.41, 5.74) is 2.53. The van der Waals surface area contributed by atoms with Gasteiger partial charge in [-0.2, -0.15) is 15.0 Å². The molecule has 2 aromatic carbocycles. The van der Waals surface area contributed by atoms with Gasteiger partial charge in [-0.15, -0.1) is 0 Å². The Morgan fingerprint density at radius 3 is 2.81 bits per heavy atom. The largest absolute Gasteiger partial charge is 0.463 e. The average molecular weight is 298 g/mol. The summed E-state index contributed by atoms with van der Waals surface area (Å²) in [7, 11) is 0. The molecule has 102 valence electrons. The van der Waals surface area contributed by atoms with Crippen LogP contribution in [0.3, 0.4) is 0 Å². The van der Waals surface area contributed by atoms with Gasteiger partial charge in [0.15, 0.2) is 0 Å². The van der Waals surface area contributed by atoms with Crippen LogP contribution in [0.15, 0.2) is 42.6 Å². The number of halogens is 1. The first-order valence-corrected chi connectivity index (χ1v) is 6.39. The lowest BCUT2D eigenvalue weighted by Crippen LogP contribution is -2.08. The van der Waals surface area contributed by atoms with Gasteiger partial charge in [0.2, 0.25) is 0 Å². The summed E-state index contributed by atoms with van der Waals surface area (Å²) < 4.78 is 0.909. The molecule has 1 aromatic heterocycles. The maximum absolute atomic E-state index is 11.0. The molecule has 0 fully saturated rings. The van der Waals surface area contributed by atoms with E-state index in [0.29, 0.717) is 21.5 Å². The third kappa shape index (κ3) is 2.22. The Morgan fingerprint density at radius 2 is 2.10 bits per heavy atom. The van der Waals surface area contributed by atoms with E-state index in [-0.39, 0.29) is 0 Å². The average Bonchev–Trinajstić information content (AvgIpc) is 2.91. The molecule has 0 aliphatic heterocycles. The van der Waals surface area contributed by atoms with Crippen molar-refractivity contribution in [3.8, 4) is 17.2 Å². The van der Waals surface area contributed by atoms with E-state index in [1.165, 1.54) is 6.20 Å². The van der Waals surface area contributed by atoms with E-state index < -0.39 is 6.09 Å². The number of carboxylic acid groups (broad SMARTS) is 1. The molecule has 0 unspecified atom stereocenters. The molecule has 3 rings (SSSR count). The quantitative estimate of drug-likeness (QED) is 0.742. The van der Waals surface area contributed by atoms with Gasteiger partial charge in [0.25, 0.3) is 0 Å². The smallest absolute Gasteiger partial charge is 0.432 e. The minimum absolute atomic E-state index is 0.499. The highest BCUT2D eigenvalue weighted by Gasteiger charge is 2.11. The number of benzene rings is 2. The summed E-state index contributed by atoms with van der Waals surface area (Å²) in [5, 5.41) is 23.0. The van der Waals surface area contributed by atoms with Crippen molar-refractivity contribution >= 4 is 28.6 Å². The van der Waals surface area contributed by atoms with Crippen molar-refractivity contribution in [2.24, 2.45) is 0 Å². The van der Waals surface area contributed by atoms with Crippen LogP contribution in [-0.4, -0.2) is 21.0 Å². The molecule has 0 aliphatic carbocycles. The lowest BCUT2D eigenvalue weighted by atomic mass is 10.0. The second-order valence-electron chi connectivity index (χ2n) is 4.42. The van der Waals surface area contributed by atoms with Crippen molar-refractivity contribution in [3.63, 3.8) is 0 Å². The van der Waals surface area contributed by atoms with Gasteiger partial charge in [-0.1, -0.05) is 17.7 Å². The van der Waals surface area contributed by atoms with Gasteiger partial charge in [0, 0.05) is 16.0 Å². The summed E-state index contributed by atoms with van der Waals surface area (Å²) in [4.78, 5) is 11.0. The number of carbonyl (C=O) groups is 1. The molecule has 6 heteroatoms. The Kier molecular flexibility index (Phi) is 3.09. The molecule has 0 spiro atoms. The third-order valence-electron chi connectivity index (χ3n) is 3.16. The van der Waals surface area contributed by atoms with Crippen LogP contribution < -0.4 is 0 Å². The van der Waals surface area contributed by atoms with E-state index in [0.717, 1.165) is 15.8 Å². The first kappa shape index (κ1) is 13.2. The van der Waals surface area contributed by atoms with Crippen LogP contribution in [0.4, 0.5) is 4.79 Å². The van der Waals surface area contributed by atoms with Crippen LogP contribution in [-0.2, 0) is 0 Å². The maximum atomic E-state index is 11.0. The number of nitrogens with zero attached hydrogens (tertiary/aromatic N) is 3. The highest BCUT2D eigenvalue weighted by atomic mass is 35.5. The minimum Gasteiger partial charge on any atom is -0.463 e. The zero-order valence-electron chi connectivity index (χ0n) is 10.6. The van der Waals surface area contributed by atoms with Crippen LogP contribution >= 0.6 is 11.6 Å². The summed E-state index contributed by atoms with van der Waals surface area (Å²) >= 11 is 6.17. The monoisotopic (exact) mass is 297 g/mol. The SMILES string of the molecule is N#Cc1ccc(Cl)c(-c2ccc3c(cnn3C(=O)O)c2)c1. The standard InChI is InChI=1S/C15H8ClN3O2/c16-13-3-1-9(7-17)5-12(13)10-2-4-14-11(6-10)8-18-19(14)15(20)21/h1-6,8H,(H,20,21). The van der Waals surface area contributed by atoms with Gasteiger partial charge in [-0.05, 0) is 35.9 Å². The Morgan fingerprint density at radius 1 is 1.29 bits per heavy atom. The van der Waals surface area contributed by atoms with Gasteiger partial charge in [0.05, 0.1) is 23.3 Å². The fourth-order valence-electron chi connectivity index (χ4n) is 2.17. The molecule has 0 saturated heterocycles. The van der Waals surface area contributed by atoms with Crippen LogP contribution in [0.1, 0.15) is 5.56 Å². The van der Waals surface area contributed by atoms with Crippen molar-refractivity contribution in [2.45, 2.75) is 0 Å². The van der Waals surface area contributed by atoms with Crippen LogP contribution in [0.25, 0.3) is 22.0 Å². The fraction of sp³-hybridized carbons (Fsp3) is 0. The molecule has 5 nitrogen and oxygen atoms in total. The van der Waals surface area contributed by atoms with Crippen molar-refractivity contribution in [2.75, 3.05) is 0 Å². The van der Waals surface area contributed by atoms with Gasteiger partial charge in [-0.25, -0.2) is 4.79 Å². The first-order valence-electron chi connectivity index (χ1n) is 6.01. The highest BCUT2D eigenvalue weighted by Crippen LogP contribution is 2.31. The van der Waals surface area contributed by atoms with Crippen molar-refractivity contribution < 1.29 is 9.90 Å². The van der Waals surface area contributed by atoms with E-state index in [9.17, 15) is 4.79 Å². The van der Waals surface area contributed by atoms with Crippen LogP contribution in [0, 0.1) is 11.3 Å². The van der Waals surface area contributed by atoms with Gasteiger partial charge >= 0.3 is 6.09 Å². The molecule has 0 bridgehead atoms. The molecule has 3 aromatic rings. The second-order valence-corrected chi connectivity index (χ2v) is 4.83. The topological polar surface area (TPSA) is 78.9 Å². The van der Waals surface area contributed by atoms with Crippen molar-refractivity contribution in [1.29, 1.82) is 5.26 Å². The molecule has 1 N–H and O–H groups in total. The van der Waals surface area contributed by atoms with E-state index in [4.69, 9.17) is 22.0 Å². The first-order chi connectivity index (χ1) is 10.1. The Labute approximate surface area is 124 Å². The lowest BCUT2D eigenvalue weighted by Gasteiger charge is -2.05. The van der Waals surface area contributed by atoms with Gasteiger partial charge < -0.3 is 5.11 Å². The molecule has 21 heavy (non-hydrogen) atoms. The Balaban J connectivity index is 2.18. The lowest BCUT2D eigenvalue weighted by molar-refractivity contribution is 0.194. The minimum atomic E-state index is -1.14. The number of hydrogen-bond acceptors (Lipinski definition) is 3. The molecule has 1 heterocycles. The van der Waals surface area contributed by atoms with E-state index in [2.05, 4.69) is 11.2 Å². The Hall–Kier alpha value is -2.84. The molecule has 0 atom stereocenters. The summed E-state index contributed by atoms with van der Waals surface area (Å²) in [6.45, 7) is 0.